The second kappa shape index (κ2) is 6.37. The summed E-state index contributed by atoms with van der Waals surface area (Å²) in [5, 5.41) is 11.4. The molecule has 0 saturated heterocycles. The van der Waals surface area contributed by atoms with Crippen molar-refractivity contribution in [3.8, 4) is 11.5 Å². The van der Waals surface area contributed by atoms with Crippen LogP contribution < -0.4 is 9.47 Å². The van der Waals surface area contributed by atoms with Crippen LogP contribution in [-0.4, -0.2) is 25.1 Å². The summed E-state index contributed by atoms with van der Waals surface area (Å²) in [4.78, 5) is 0. The van der Waals surface area contributed by atoms with Crippen LogP contribution in [0.1, 0.15) is 5.56 Å². The van der Waals surface area contributed by atoms with E-state index in [0.717, 1.165) is 9.13 Å². The summed E-state index contributed by atoms with van der Waals surface area (Å²) in [5.41, 5.74) is 0.745. The molecule has 0 radical (unpaired) electrons. The van der Waals surface area contributed by atoms with Gasteiger partial charge < -0.3 is 14.7 Å². The number of benzene rings is 1. The van der Waals surface area contributed by atoms with Crippen LogP contribution in [0, 0.1) is 3.57 Å². The van der Waals surface area contributed by atoms with Crippen LogP contribution in [0.2, 0.25) is 0 Å². The molecule has 0 fully saturated rings. The Labute approximate surface area is 108 Å². The van der Waals surface area contributed by atoms with E-state index in [9.17, 15) is 0 Å². The number of rotatable bonds is 5. The van der Waals surface area contributed by atoms with Gasteiger partial charge in [-0.1, -0.05) is 17.8 Å². The van der Waals surface area contributed by atoms with Gasteiger partial charge in [-0.25, -0.2) is 0 Å². The molecule has 0 aliphatic rings. The van der Waals surface area contributed by atoms with Crippen molar-refractivity contribution in [1.29, 1.82) is 0 Å². The highest BCUT2D eigenvalue weighted by Gasteiger charge is 2.10. The smallest absolute Gasteiger partial charge is 0.174 e. The van der Waals surface area contributed by atoms with Crippen LogP contribution in [0.4, 0.5) is 0 Å². The second-order valence-electron chi connectivity index (χ2n) is 2.88. The average Bonchev–Trinajstić information content (AvgIpc) is 2.27. The molecule has 0 heterocycles. The molecule has 16 heavy (non-hydrogen) atoms. The number of ether oxygens (including phenoxy) is 2. The molecule has 5 heteroatoms. The maximum absolute atomic E-state index is 8.47. The summed E-state index contributed by atoms with van der Waals surface area (Å²) >= 11 is 2.13. The van der Waals surface area contributed by atoms with Gasteiger partial charge in [-0.2, -0.15) is 0 Å². The summed E-state index contributed by atoms with van der Waals surface area (Å²) in [7, 11) is 1.56. The summed E-state index contributed by atoms with van der Waals surface area (Å²) in [6, 6.07) is 3.57. The van der Waals surface area contributed by atoms with Crippen molar-refractivity contribution in [1.82, 2.24) is 0 Å². The Bertz CT molecular complexity index is 404. The molecular formula is C11H12INO3. The standard InChI is InChI=1S/C11H12INO3/c1-3-4-16-11-9(12)5-8(7-13-14)6-10(11)15-2/h3,5-7,14H,1,4H2,2H3/b13-7-. The first-order valence-electron chi connectivity index (χ1n) is 4.51. The molecule has 0 bridgehead atoms. The molecule has 0 amide bonds. The maximum Gasteiger partial charge on any atom is 0.174 e. The number of hydrogen-bond donors (Lipinski definition) is 1. The highest BCUT2D eigenvalue weighted by atomic mass is 127. The Morgan fingerprint density at radius 3 is 2.88 bits per heavy atom. The molecule has 4 nitrogen and oxygen atoms in total. The normalized spacial score (nSPS) is 10.4. The van der Waals surface area contributed by atoms with Crippen molar-refractivity contribution in [3.05, 3.63) is 33.9 Å². The molecule has 0 unspecified atom stereocenters. The average molecular weight is 333 g/mol. The fraction of sp³-hybridized carbons (Fsp3) is 0.182. The van der Waals surface area contributed by atoms with E-state index >= 15 is 0 Å². The Balaban J connectivity index is 3.11. The van der Waals surface area contributed by atoms with E-state index in [1.807, 2.05) is 6.07 Å². The lowest BCUT2D eigenvalue weighted by atomic mass is 10.2. The van der Waals surface area contributed by atoms with Gasteiger partial charge in [0.1, 0.15) is 6.61 Å². The Hall–Kier alpha value is -1.24. The van der Waals surface area contributed by atoms with E-state index in [0.29, 0.717) is 18.1 Å². The predicted molar refractivity (Wildman–Crippen MR) is 70.8 cm³/mol. The molecule has 0 atom stereocenters. The highest BCUT2D eigenvalue weighted by molar-refractivity contribution is 14.1. The predicted octanol–water partition coefficient (Wildman–Crippen LogP) is 2.67. The zero-order chi connectivity index (χ0) is 12.0. The topological polar surface area (TPSA) is 51.0 Å². The molecule has 1 rings (SSSR count). The van der Waals surface area contributed by atoms with Crippen molar-refractivity contribution < 1.29 is 14.7 Å². The maximum atomic E-state index is 8.47. The van der Waals surface area contributed by atoms with E-state index in [4.69, 9.17) is 14.7 Å². The quantitative estimate of drug-likeness (QED) is 0.296. The van der Waals surface area contributed by atoms with Crippen molar-refractivity contribution in [2.45, 2.75) is 0 Å². The van der Waals surface area contributed by atoms with Gasteiger partial charge in [-0.05, 0) is 34.7 Å². The van der Waals surface area contributed by atoms with E-state index in [1.165, 1.54) is 6.21 Å². The minimum atomic E-state index is 0.416. The van der Waals surface area contributed by atoms with Crippen molar-refractivity contribution >= 4 is 28.8 Å². The molecule has 0 aliphatic heterocycles. The second-order valence-corrected chi connectivity index (χ2v) is 4.04. The van der Waals surface area contributed by atoms with Crippen molar-refractivity contribution in [2.75, 3.05) is 13.7 Å². The fourth-order valence-electron chi connectivity index (χ4n) is 1.16. The highest BCUT2D eigenvalue weighted by Crippen LogP contribution is 2.33. The lowest BCUT2D eigenvalue weighted by Gasteiger charge is -2.11. The van der Waals surface area contributed by atoms with Gasteiger partial charge in [0.25, 0.3) is 0 Å². The summed E-state index contributed by atoms with van der Waals surface area (Å²) in [6.45, 7) is 4.00. The third-order valence-corrected chi connectivity index (χ3v) is 2.61. The van der Waals surface area contributed by atoms with Crippen molar-refractivity contribution in [2.24, 2.45) is 5.16 Å². The lowest BCUT2D eigenvalue weighted by Crippen LogP contribution is -1.99. The molecule has 0 aliphatic carbocycles. The van der Waals surface area contributed by atoms with Crippen LogP contribution in [0.25, 0.3) is 0 Å². The first-order valence-corrected chi connectivity index (χ1v) is 5.59. The van der Waals surface area contributed by atoms with Crippen LogP contribution in [0.3, 0.4) is 0 Å². The van der Waals surface area contributed by atoms with Gasteiger partial charge in [0.2, 0.25) is 0 Å². The van der Waals surface area contributed by atoms with Crippen LogP contribution in [0.5, 0.6) is 11.5 Å². The van der Waals surface area contributed by atoms with Crippen LogP contribution in [0.15, 0.2) is 29.9 Å². The monoisotopic (exact) mass is 333 g/mol. The minimum absolute atomic E-state index is 0.416. The third-order valence-electron chi connectivity index (χ3n) is 1.80. The van der Waals surface area contributed by atoms with Gasteiger partial charge in [0, 0.05) is 5.56 Å². The number of nitrogens with zero attached hydrogens (tertiary/aromatic N) is 1. The number of oxime groups is 1. The Kier molecular flexibility index (Phi) is 5.10. The third kappa shape index (κ3) is 3.13. The molecule has 86 valence electrons. The largest absolute Gasteiger partial charge is 0.493 e. The molecular weight excluding hydrogens is 321 g/mol. The van der Waals surface area contributed by atoms with E-state index < -0.39 is 0 Å². The van der Waals surface area contributed by atoms with Gasteiger partial charge >= 0.3 is 0 Å². The number of hydrogen-bond acceptors (Lipinski definition) is 4. The summed E-state index contributed by atoms with van der Waals surface area (Å²) < 4.78 is 11.6. The zero-order valence-electron chi connectivity index (χ0n) is 8.81. The molecule has 1 N–H and O–H groups in total. The van der Waals surface area contributed by atoms with Gasteiger partial charge in [0.15, 0.2) is 11.5 Å². The van der Waals surface area contributed by atoms with E-state index in [2.05, 4.69) is 34.3 Å². The SMILES string of the molecule is C=CCOc1c(I)cc(/C=N\O)cc1OC. The molecule has 1 aromatic rings. The lowest BCUT2D eigenvalue weighted by molar-refractivity contribution is 0.321. The van der Waals surface area contributed by atoms with Gasteiger partial charge in [-0.15, -0.1) is 0 Å². The zero-order valence-corrected chi connectivity index (χ0v) is 11.0. The van der Waals surface area contributed by atoms with Crippen LogP contribution >= 0.6 is 22.6 Å². The summed E-state index contributed by atoms with van der Waals surface area (Å²) in [6.07, 6.45) is 3.00. The fourth-order valence-corrected chi connectivity index (χ4v) is 1.94. The van der Waals surface area contributed by atoms with E-state index in [-0.39, 0.29) is 0 Å². The first-order chi connectivity index (χ1) is 7.72. The van der Waals surface area contributed by atoms with Gasteiger partial charge in [-0.3, -0.25) is 0 Å². The molecule has 0 spiro atoms. The number of halogens is 1. The Morgan fingerprint density at radius 2 is 2.31 bits per heavy atom. The van der Waals surface area contributed by atoms with Gasteiger partial charge in [0.05, 0.1) is 16.9 Å². The molecule has 0 saturated carbocycles. The Morgan fingerprint density at radius 1 is 1.56 bits per heavy atom. The minimum Gasteiger partial charge on any atom is -0.493 e. The first kappa shape index (κ1) is 12.8. The summed E-state index contributed by atoms with van der Waals surface area (Å²) in [5.74, 6) is 1.27. The molecule has 1 aromatic carbocycles. The van der Waals surface area contributed by atoms with Crippen molar-refractivity contribution in [3.63, 3.8) is 0 Å². The van der Waals surface area contributed by atoms with E-state index in [1.54, 1.807) is 19.3 Å². The molecule has 0 aromatic heterocycles. The number of methoxy groups -OCH3 is 1. The van der Waals surface area contributed by atoms with Crippen LogP contribution in [-0.2, 0) is 0 Å².